The van der Waals surface area contributed by atoms with Gasteiger partial charge in [-0.3, -0.25) is 0 Å². The van der Waals surface area contributed by atoms with E-state index in [1.54, 1.807) is 0 Å². The predicted octanol–water partition coefficient (Wildman–Crippen LogP) is -2.27. The van der Waals surface area contributed by atoms with E-state index in [0.717, 1.165) is 26.2 Å². The molecule has 6 heteroatoms. The minimum atomic E-state index is 0. The van der Waals surface area contributed by atoms with Gasteiger partial charge in [0.25, 0.3) is 0 Å². The van der Waals surface area contributed by atoms with Crippen molar-refractivity contribution in [2.24, 2.45) is 0 Å². The van der Waals surface area contributed by atoms with Crippen molar-refractivity contribution in [3.8, 4) is 0 Å². The molecule has 4 nitrogen and oxygen atoms in total. The molecule has 0 unspecified atom stereocenters. The second-order valence-electron chi connectivity index (χ2n) is 6.90. The maximum absolute atomic E-state index is 2.32. The van der Waals surface area contributed by atoms with E-state index in [4.69, 9.17) is 0 Å². The molecule has 0 aliphatic heterocycles. The van der Waals surface area contributed by atoms with Crippen LogP contribution in [0.15, 0.2) is 37.4 Å². The van der Waals surface area contributed by atoms with Gasteiger partial charge in [-0.05, 0) is 25.7 Å². The smallest absolute Gasteiger partial charge is 0.243 e. The summed E-state index contributed by atoms with van der Waals surface area (Å²) in [7, 11) is 0. The molecule has 0 radical (unpaired) electrons. The zero-order valence-electron chi connectivity index (χ0n) is 16.5. The molecule has 26 heavy (non-hydrogen) atoms. The zero-order valence-corrected chi connectivity index (χ0v) is 19.7. The monoisotopic (exact) mass is 490 g/mol. The third kappa shape index (κ3) is 9.91. The number of hydrogen-bond acceptors (Lipinski definition) is 0. The fourth-order valence-electron chi connectivity index (χ4n) is 3.08. The second kappa shape index (κ2) is 15.4. The molecule has 0 saturated carbocycles. The molecule has 2 heterocycles. The van der Waals surface area contributed by atoms with Crippen molar-refractivity contribution in [3.05, 3.63) is 37.4 Å². The van der Waals surface area contributed by atoms with Crippen molar-refractivity contribution in [1.82, 2.24) is 9.13 Å². The van der Waals surface area contributed by atoms with E-state index in [2.05, 4.69) is 69.6 Å². The quantitative estimate of drug-likeness (QED) is 0.222. The fourth-order valence-corrected chi connectivity index (χ4v) is 3.08. The third-order valence-electron chi connectivity index (χ3n) is 4.65. The van der Waals surface area contributed by atoms with Crippen LogP contribution in [0, 0.1) is 0 Å². The molecule has 2 rings (SSSR count). The SMILES string of the molecule is CCCCCC[n+]1ccn(CCn2cc[n+](CCCCCC)c2)c1.[Br-].[Br-]. The first kappa shape index (κ1) is 25.4. The van der Waals surface area contributed by atoms with Gasteiger partial charge in [0.1, 0.15) is 37.9 Å². The lowest BCUT2D eigenvalue weighted by Crippen LogP contribution is -3.00. The minimum Gasteiger partial charge on any atom is -1.00 e. The number of halogens is 2. The van der Waals surface area contributed by atoms with Gasteiger partial charge in [-0.15, -0.1) is 0 Å². The van der Waals surface area contributed by atoms with Gasteiger partial charge in [-0.1, -0.05) is 39.5 Å². The largest absolute Gasteiger partial charge is 1.00 e. The summed E-state index contributed by atoms with van der Waals surface area (Å²) in [6.07, 6.45) is 23.9. The van der Waals surface area contributed by atoms with E-state index in [1.807, 2.05) is 0 Å². The number of nitrogens with zero attached hydrogens (tertiary/aromatic N) is 4. The molecule has 0 bridgehead atoms. The lowest BCUT2D eigenvalue weighted by Gasteiger charge is -1.97. The molecule has 2 aromatic heterocycles. The summed E-state index contributed by atoms with van der Waals surface area (Å²) >= 11 is 0. The van der Waals surface area contributed by atoms with Gasteiger partial charge in [0.15, 0.2) is 0 Å². The number of aryl methyl sites for hydroxylation is 4. The summed E-state index contributed by atoms with van der Waals surface area (Å²) < 4.78 is 9.23. The first-order valence-electron chi connectivity index (χ1n) is 9.91. The van der Waals surface area contributed by atoms with Gasteiger partial charge >= 0.3 is 0 Å². The van der Waals surface area contributed by atoms with Crippen LogP contribution in [-0.2, 0) is 26.2 Å². The van der Waals surface area contributed by atoms with Gasteiger partial charge in [0.05, 0.1) is 13.1 Å². The molecule has 0 saturated heterocycles. The molecule has 150 valence electrons. The summed E-state index contributed by atoms with van der Waals surface area (Å²) in [5.41, 5.74) is 0. The highest BCUT2D eigenvalue weighted by Gasteiger charge is 2.07. The molecule has 0 aliphatic rings. The molecular formula is C20H36Br2N4. The topological polar surface area (TPSA) is 17.6 Å². The second-order valence-corrected chi connectivity index (χ2v) is 6.90. The van der Waals surface area contributed by atoms with Crippen molar-refractivity contribution >= 4 is 0 Å². The summed E-state index contributed by atoms with van der Waals surface area (Å²) in [6.45, 7) is 8.89. The standard InChI is InChI=1S/C20H36N4.2BrH/c1-3-5-7-9-11-21-13-15-23(19-21)17-18-24-16-14-22(20-24)12-10-8-6-4-2;;/h13-16,19-20H,3-12,17-18H2,1-2H3;2*1H/q+2;;/p-2. The fraction of sp³-hybridized carbons (Fsp3) is 0.700. The number of imidazole rings is 2. The Hall–Kier alpha value is -0.620. The Kier molecular flexibility index (Phi) is 15.1. The van der Waals surface area contributed by atoms with Crippen LogP contribution in [0.4, 0.5) is 0 Å². The van der Waals surface area contributed by atoms with Gasteiger partial charge in [-0.25, -0.2) is 18.3 Å². The first-order valence-corrected chi connectivity index (χ1v) is 9.91. The molecule has 0 aromatic carbocycles. The zero-order chi connectivity index (χ0) is 17.0. The van der Waals surface area contributed by atoms with E-state index in [1.165, 1.54) is 51.4 Å². The normalized spacial score (nSPS) is 10.4. The van der Waals surface area contributed by atoms with Crippen LogP contribution in [0.3, 0.4) is 0 Å². The van der Waals surface area contributed by atoms with Gasteiger partial charge in [0.2, 0.25) is 12.7 Å². The van der Waals surface area contributed by atoms with Crippen LogP contribution in [0.25, 0.3) is 0 Å². The van der Waals surface area contributed by atoms with Crippen molar-refractivity contribution in [2.75, 3.05) is 0 Å². The Bertz CT molecular complexity index is 515. The Morgan fingerprint density at radius 3 is 1.42 bits per heavy atom. The van der Waals surface area contributed by atoms with E-state index in [9.17, 15) is 0 Å². The van der Waals surface area contributed by atoms with Crippen LogP contribution in [0.1, 0.15) is 65.2 Å². The van der Waals surface area contributed by atoms with Crippen LogP contribution in [0.2, 0.25) is 0 Å². The van der Waals surface area contributed by atoms with Crippen LogP contribution in [-0.4, -0.2) is 9.13 Å². The molecule has 0 spiro atoms. The molecule has 0 N–H and O–H groups in total. The number of unbranched alkanes of at least 4 members (excludes halogenated alkanes) is 6. The van der Waals surface area contributed by atoms with Crippen LogP contribution in [0.5, 0.6) is 0 Å². The lowest BCUT2D eigenvalue weighted by atomic mass is 10.2. The highest BCUT2D eigenvalue weighted by atomic mass is 79.9. The molecule has 0 aliphatic carbocycles. The number of aromatic nitrogens is 4. The molecule has 0 fully saturated rings. The van der Waals surface area contributed by atoms with Crippen molar-refractivity contribution in [2.45, 2.75) is 91.4 Å². The molecule has 0 amide bonds. The average Bonchev–Trinajstić information content (AvgIpc) is 3.23. The first-order chi connectivity index (χ1) is 11.8. The van der Waals surface area contributed by atoms with Crippen molar-refractivity contribution in [3.63, 3.8) is 0 Å². The average molecular weight is 492 g/mol. The Labute approximate surface area is 180 Å². The van der Waals surface area contributed by atoms with E-state index in [-0.39, 0.29) is 34.0 Å². The third-order valence-corrected chi connectivity index (χ3v) is 4.65. The van der Waals surface area contributed by atoms with E-state index >= 15 is 0 Å². The molecule has 2 aromatic rings. The summed E-state index contributed by atoms with van der Waals surface area (Å²) in [4.78, 5) is 0. The van der Waals surface area contributed by atoms with E-state index in [0.29, 0.717) is 0 Å². The van der Waals surface area contributed by atoms with Gasteiger partial charge in [-0.2, -0.15) is 0 Å². The molecule has 0 atom stereocenters. The van der Waals surface area contributed by atoms with Gasteiger partial charge < -0.3 is 34.0 Å². The summed E-state index contributed by atoms with van der Waals surface area (Å²) in [5.74, 6) is 0. The van der Waals surface area contributed by atoms with Crippen LogP contribution >= 0.6 is 0 Å². The number of hydrogen-bond donors (Lipinski definition) is 0. The van der Waals surface area contributed by atoms with Crippen molar-refractivity contribution < 1.29 is 43.1 Å². The molecular weight excluding hydrogens is 456 g/mol. The Balaban J connectivity index is 0.00000312. The van der Waals surface area contributed by atoms with E-state index < -0.39 is 0 Å². The summed E-state index contributed by atoms with van der Waals surface area (Å²) in [5, 5.41) is 0. The lowest BCUT2D eigenvalue weighted by molar-refractivity contribution is -0.697. The Morgan fingerprint density at radius 2 is 1.04 bits per heavy atom. The van der Waals surface area contributed by atoms with Crippen LogP contribution < -0.4 is 43.1 Å². The highest BCUT2D eigenvalue weighted by Crippen LogP contribution is 2.00. The van der Waals surface area contributed by atoms with Gasteiger partial charge in [0, 0.05) is 0 Å². The highest BCUT2D eigenvalue weighted by molar-refractivity contribution is 4.70. The van der Waals surface area contributed by atoms with Crippen molar-refractivity contribution in [1.29, 1.82) is 0 Å². The minimum absolute atomic E-state index is 0. The number of rotatable bonds is 13. The Morgan fingerprint density at radius 1 is 0.615 bits per heavy atom. The maximum Gasteiger partial charge on any atom is 0.243 e. The maximum atomic E-state index is 2.32. The predicted molar refractivity (Wildman–Crippen MR) is 97.5 cm³/mol. The summed E-state index contributed by atoms with van der Waals surface area (Å²) in [6, 6.07) is 0.